The molecule has 0 saturated carbocycles. The second-order valence-corrected chi connectivity index (χ2v) is 10.9. The number of rotatable bonds is 7. The van der Waals surface area contributed by atoms with Crippen molar-refractivity contribution in [3.8, 4) is 11.1 Å². The van der Waals surface area contributed by atoms with Crippen LogP contribution in [0.4, 0.5) is 27.3 Å². The number of nitrogens with one attached hydrogen (secondary N) is 2. The van der Waals surface area contributed by atoms with E-state index in [-0.39, 0.29) is 22.6 Å². The molecule has 5 rings (SSSR count). The van der Waals surface area contributed by atoms with Gasteiger partial charge in [-0.25, -0.2) is 14.4 Å². The first-order valence-electron chi connectivity index (χ1n) is 13.6. The third kappa shape index (κ3) is 6.29. The van der Waals surface area contributed by atoms with Crippen LogP contribution in [0.25, 0.3) is 11.1 Å². The lowest BCUT2D eigenvalue weighted by Gasteiger charge is -2.39. The highest BCUT2D eigenvalue weighted by atomic mass is 35.5. The van der Waals surface area contributed by atoms with Crippen LogP contribution in [0.3, 0.4) is 0 Å². The van der Waals surface area contributed by atoms with Crippen molar-refractivity contribution in [3.05, 3.63) is 59.3 Å². The number of amides is 1. The maximum Gasteiger partial charge on any atom is 0.251 e. The van der Waals surface area contributed by atoms with Crippen LogP contribution in [0.5, 0.6) is 0 Å². The normalized spacial score (nSPS) is 18.5. The number of halogens is 2. The quantitative estimate of drug-likeness (QED) is 0.357. The number of benzene rings is 2. The van der Waals surface area contributed by atoms with Gasteiger partial charge in [0.05, 0.1) is 11.4 Å². The van der Waals surface area contributed by atoms with Crippen molar-refractivity contribution in [1.29, 1.82) is 0 Å². The van der Waals surface area contributed by atoms with Gasteiger partial charge in [0.1, 0.15) is 17.8 Å². The molecular weight excluding hydrogens is 533 g/mol. The van der Waals surface area contributed by atoms with Gasteiger partial charge in [0.25, 0.3) is 5.91 Å². The highest BCUT2D eigenvalue weighted by molar-refractivity contribution is 6.32. The van der Waals surface area contributed by atoms with Crippen LogP contribution in [0.15, 0.2) is 42.7 Å². The Labute approximate surface area is 238 Å². The Hall–Kier alpha value is -3.47. The van der Waals surface area contributed by atoms with Gasteiger partial charge in [-0.15, -0.1) is 0 Å². The molecule has 3 heterocycles. The third-order valence-electron chi connectivity index (χ3n) is 7.82. The number of ether oxygens (including phenoxy) is 1. The van der Waals surface area contributed by atoms with Crippen molar-refractivity contribution in [2.45, 2.75) is 25.8 Å². The van der Waals surface area contributed by atoms with Crippen molar-refractivity contribution < 1.29 is 13.9 Å². The first kappa shape index (κ1) is 28.1. The molecule has 11 heteroatoms. The van der Waals surface area contributed by atoms with Gasteiger partial charge in [-0.3, -0.25) is 4.79 Å². The van der Waals surface area contributed by atoms with Gasteiger partial charge in [0.2, 0.25) is 0 Å². The summed E-state index contributed by atoms with van der Waals surface area (Å²) in [5.41, 5.74) is 9.27. The van der Waals surface area contributed by atoms with E-state index in [9.17, 15) is 4.79 Å². The summed E-state index contributed by atoms with van der Waals surface area (Å²) in [5, 5.41) is 6.42. The molecule has 2 aromatic carbocycles. The monoisotopic (exact) mass is 567 g/mol. The predicted molar refractivity (Wildman–Crippen MR) is 157 cm³/mol. The minimum absolute atomic E-state index is 0.139. The topological polar surface area (TPSA) is 109 Å². The highest BCUT2D eigenvalue weighted by Crippen LogP contribution is 2.38. The first-order valence-corrected chi connectivity index (χ1v) is 14.0. The zero-order valence-corrected chi connectivity index (χ0v) is 23.5. The molecule has 212 valence electrons. The van der Waals surface area contributed by atoms with E-state index in [1.165, 1.54) is 6.33 Å². The first-order chi connectivity index (χ1) is 19.3. The zero-order chi connectivity index (χ0) is 28.2. The summed E-state index contributed by atoms with van der Waals surface area (Å²) in [7, 11) is 2.09. The molecule has 0 spiro atoms. The fourth-order valence-corrected chi connectivity index (χ4v) is 5.24. The highest BCUT2D eigenvalue weighted by Gasteiger charge is 2.25. The summed E-state index contributed by atoms with van der Waals surface area (Å²) in [5.74, 6) is 0.268. The van der Waals surface area contributed by atoms with E-state index < -0.39 is 0 Å². The Kier molecular flexibility index (Phi) is 8.68. The molecule has 0 unspecified atom stereocenters. The van der Waals surface area contributed by atoms with Gasteiger partial charge in [-0.1, -0.05) is 23.7 Å². The summed E-state index contributed by atoms with van der Waals surface area (Å²) in [6, 6.07) is 10.6. The van der Waals surface area contributed by atoms with Crippen LogP contribution in [-0.2, 0) is 4.74 Å². The van der Waals surface area contributed by atoms with Gasteiger partial charge in [-0.2, -0.15) is 0 Å². The van der Waals surface area contributed by atoms with Crippen LogP contribution in [0.2, 0.25) is 5.15 Å². The Morgan fingerprint density at radius 1 is 1.18 bits per heavy atom. The lowest BCUT2D eigenvalue weighted by molar-refractivity contribution is 0.0642. The number of nitrogens with two attached hydrogens (primary N) is 1. The molecule has 2 aliphatic rings. The number of piperazine rings is 1. The van der Waals surface area contributed by atoms with Crippen LogP contribution >= 0.6 is 11.6 Å². The Morgan fingerprint density at radius 2 is 1.93 bits per heavy atom. The summed E-state index contributed by atoms with van der Waals surface area (Å²) in [4.78, 5) is 25.3. The Balaban J connectivity index is 1.41. The molecule has 1 amide bonds. The van der Waals surface area contributed by atoms with Gasteiger partial charge in [-0.05, 0) is 62.6 Å². The fraction of sp³-hybridized carbons (Fsp3) is 0.414. The van der Waals surface area contributed by atoms with E-state index in [0.717, 1.165) is 45.7 Å². The summed E-state index contributed by atoms with van der Waals surface area (Å²) in [6.45, 7) is 6.57. The molecule has 0 bridgehead atoms. The van der Waals surface area contributed by atoms with Crippen molar-refractivity contribution >= 4 is 40.4 Å². The molecular formula is C29H35ClFN7O2. The molecule has 2 aliphatic heterocycles. The number of nitrogens with zero attached hydrogens (tertiary/aromatic N) is 4. The minimum Gasteiger partial charge on any atom is -0.393 e. The number of hydrogen-bond acceptors (Lipinski definition) is 8. The fourth-order valence-electron chi connectivity index (χ4n) is 5.11. The van der Waals surface area contributed by atoms with Gasteiger partial charge in [0.15, 0.2) is 11.0 Å². The van der Waals surface area contributed by atoms with Crippen LogP contribution < -0.4 is 21.3 Å². The molecule has 4 N–H and O–H groups in total. The number of carbonyl (C=O) groups is 1. The van der Waals surface area contributed by atoms with Crippen LogP contribution in [-0.4, -0.2) is 73.3 Å². The SMILES string of the molecule is C[C@H]1CN(c2cc(F)c(-c3ccc(C(=O)NCC4CCOCC4)cc3)cc2Nc2ncnc(Cl)c2N)CCN1C. The summed E-state index contributed by atoms with van der Waals surface area (Å²) in [6.07, 6.45) is 3.23. The summed E-state index contributed by atoms with van der Waals surface area (Å²) >= 11 is 6.13. The predicted octanol–water partition coefficient (Wildman–Crippen LogP) is 4.56. The van der Waals surface area contributed by atoms with Gasteiger partial charge >= 0.3 is 0 Å². The smallest absolute Gasteiger partial charge is 0.251 e. The Bertz CT molecular complexity index is 1350. The second kappa shape index (κ2) is 12.4. The maximum absolute atomic E-state index is 15.7. The van der Waals surface area contributed by atoms with E-state index >= 15 is 4.39 Å². The lowest BCUT2D eigenvalue weighted by Crippen LogP contribution is -2.50. The lowest BCUT2D eigenvalue weighted by atomic mass is 9.99. The number of hydrogen-bond donors (Lipinski definition) is 3. The molecule has 9 nitrogen and oxygen atoms in total. The van der Waals surface area contributed by atoms with E-state index in [0.29, 0.717) is 52.4 Å². The molecule has 2 fully saturated rings. The molecule has 0 radical (unpaired) electrons. The molecule has 40 heavy (non-hydrogen) atoms. The molecule has 3 aromatic rings. The van der Waals surface area contributed by atoms with E-state index in [2.05, 4.69) is 44.4 Å². The van der Waals surface area contributed by atoms with Crippen molar-refractivity contribution in [1.82, 2.24) is 20.2 Å². The van der Waals surface area contributed by atoms with Gasteiger partial charge < -0.3 is 30.9 Å². The molecule has 0 aliphatic carbocycles. The average Bonchev–Trinajstić information content (AvgIpc) is 2.97. The average molecular weight is 568 g/mol. The number of likely N-dealkylation sites (N-methyl/N-ethyl adjacent to an activating group) is 1. The van der Waals surface area contributed by atoms with Crippen LogP contribution in [0, 0.1) is 11.7 Å². The Morgan fingerprint density at radius 3 is 2.65 bits per heavy atom. The molecule has 1 atom stereocenters. The largest absolute Gasteiger partial charge is 0.393 e. The van der Waals surface area contributed by atoms with Gasteiger partial charge in [0, 0.05) is 56.6 Å². The van der Waals surface area contributed by atoms with Crippen molar-refractivity contribution in [2.24, 2.45) is 5.92 Å². The number of nitrogen functional groups attached to an aromatic ring is 1. The zero-order valence-electron chi connectivity index (χ0n) is 22.8. The number of carbonyl (C=O) groups excluding carboxylic acids is 1. The number of anilines is 4. The van der Waals surface area contributed by atoms with Crippen LogP contribution in [0.1, 0.15) is 30.1 Å². The van der Waals surface area contributed by atoms with Crippen molar-refractivity contribution in [3.63, 3.8) is 0 Å². The maximum atomic E-state index is 15.7. The second-order valence-electron chi connectivity index (χ2n) is 10.5. The molecule has 2 saturated heterocycles. The van der Waals surface area contributed by atoms with E-state index in [1.54, 1.807) is 36.4 Å². The molecule has 1 aromatic heterocycles. The summed E-state index contributed by atoms with van der Waals surface area (Å²) < 4.78 is 21.1. The van der Waals surface area contributed by atoms with Crippen molar-refractivity contribution in [2.75, 3.05) is 62.4 Å². The standard InChI is InChI=1S/C29H35ClFN7O2/c1-18-16-38(10-9-37(18)2)25-14-23(31)22(13-24(25)36-28-26(32)27(30)34-17-35-28)20-3-5-21(6-4-20)29(39)33-15-19-7-11-40-12-8-19/h3-6,13-14,17-19H,7-12,15-16,32H2,1-2H3,(H,33,39)(H,34,35,36)/t18-/m0/s1. The third-order valence-corrected chi connectivity index (χ3v) is 8.13. The number of aromatic nitrogens is 2. The van der Waals surface area contributed by atoms with E-state index in [1.807, 2.05) is 0 Å². The minimum atomic E-state index is -0.363. The van der Waals surface area contributed by atoms with E-state index in [4.69, 9.17) is 22.1 Å².